The summed E-state index contributed by atoms with van der Waals surface area (Å²) in [6.45, 7) is 3.65. The fourth-order valence-electron chi connectivity index (χ4n) is 0.970. The molecule has 1 atom stereocenters. The van der Waals surface area contributed by atoms with Crippen molar-refractivity contribution >= 4 is 11.6 Å². The number of nitrogens with zero attached hydrogens (tertiary/aromatic N) is 1. The van der Waals surface area contributed by atoms with Crippen LogP contribution in [0.4, 0.5) is 0 Å². The van der Waals surface area contributed by atoms with E-state index in [0.29, 0.717) is 10.7 Å². The maximum Gasteiger partial charge on any atom is 0.131 e. The molecule has 0 spiro atoms. The first-order valence-corrected chi connectivity index (χ1v) is 4.40. The lowest BCUT2D eigenvalue weighted by Crippen LogP contribution is -2.31. The lowest BCUT2D eigenvalue weighted by Gasteiger charge is -2.21. The second-order valence-corrected chi connectivity index (χ2v) is 3.67. The first-order chi connectivity index (χ1) is 5.97. The van der Waals surface area contributed by atoms with Gasteiger partial charge in [0.25, 0.3) is 0 Å². The first kappa shape index (κ1) is 10.4. The highest BCUT2D eigenvalue weighted by Crippen LogP contribution is 2.21. The van der Waals surface area contributed by atoms with Crippen LogP contribution < -0.4 is 5.73 Å². The average molecular weight is 201 g/mol. The minimum Gasteiger partial charge on any atom is -0.384 e. The number of hydrogen-bond donors (Lipinski definition) is 2. The Hall–Kier alpha value is -0.640. The van der Waals surface area contributed by atoms with Gasteiger partial charge in [0.2, 0.25) is 0 Å². The van der Waals surface area contributed by atoms with Gasteiger partial charge in [-0.2, -0.15) is 0 Å². The Bertz CT molecular complexity index is 312. The van der Waals surface area contributed by atoms with E-state index in [2.05, 4.69) is 4.98 Å². The van der Waals surface area contributed by atoms with Gasteiger partial charge in [0.1, 0.15) is 10.8 Å². The van der Waals surface area contributed by atoms with Crippen LogP contribution in [0.3, 0.4) is 0 Å². The van der Waals surface area contributed by atoms with Gasteiger partial charge in [0.15, 0.2) is 0 Å². The van der Waals surface area contributed by atoms with E-state index in [1.54, 1.807) is 19.2 Å². The van der Waals surface area contributed by atoms with Crippen molar-refractivity contribution in [2.24, 2.45) is 5.73 Å². The third-order valence-corrected chi connectivity index (χ3v) is 2.43. The molecule has 1 rings (SSSR count). The van der Waals surface area contributed by atoms with Crippen LogP contribution >= 0.6 is 11.6 Å². The van der Waals surface area contributed by atoms with Crippen LogP contribution in [0, 0.1) is 6.92 Å². The van der Waals surface area contributed by atoms with E-state index in [1.165, 1.54) is 0 Å². The van der Waals surface area contributed by atoms with Crippen molar-refractivity contribution in [2.75, 3.05) is 6.54 Å². The maximum atomic E-state index is 9.80. The lowest BCUT2D eigenvalue weighted by molar-refractivity contribution is 0.0664. The third-order valence-electron chi connectivity index (χ3n) is 2.03. The van der Waals surface area contributed by atoms with E-state index >= 15 is 0 Å². The third kappa shape index (κ3) is 2.18. The summed E-state index contributed by atoms with van der Waals surface area (Å²) < 4.78 is 0. The van der Waals surface area contributed by atoms with Crippen LogP contribution in [0.5, 0.6) is 0 Å². The van der Waals surface area contributed by atoms with Crippen molar-refractivity contribution in [1.29, 1.82) is 0 Å². The molecule has 0 aliphatic heterocycles. The Morgan fingerprint density at radius 3 is 2.77 bits per heavy atom. The monoisotopic (exact) mass is 200 g/mol. The average Bonchev–Trinajstić information content (AvgIpc) is 2.09. The molecule has 0 aliphatic carbocycles. The summed E-state index contributed by atoms with van der Waals surface area (Å²) in [5.41, 5.74) is 5.92. The first-order valence-electron chi connectivity index (χ1n) is 4.02. The fraction of sp³-hybridized carbons (Fsp3) is 0.444. The summed E-state index contributed by atoms with van der Waals surface area (Å²) in [6, 6.07) is 1.79. The van der Waals surface area contributed by atoms with Crippen molar-refractivity contribution < 1.29 is 5.11 Å². The zero-order chi connectivity index (χ0) is 10.1. The van der Waals surface area contributed by atoms with Crippen LogP contribution in [-0.2, 0) is 5.60 Å². The molecule has 0 amide bonds. The Morgan fingerprint density at radius 2 is 2.31 bits per heavy atom. The molecule has 0 fully saturated rings. The molecule has 4 heteroatoms. The number of aryl methyl sites for hydroxylation is 1. The van der Waals surface area contributed by atoms with Gasteiger partial charge in [-0.05, 0) is 25.5 Å². The van der Waals surface area contributed by atoms with E-state index in [1.807, 2.05) is 6.92 Å². The van der Waals surface area contributed by atoms with Gasteiger partial charge < -0.3 is 10.8 Å². The van der Waals surface area contributed by atoms with Crippen LogP contribution in [0.2, 0.25) is 5.15 Å². The van der Waals surface area contributed by atoms with Crippen LogP contribution in [-0.4, -0.2) is 16.6 Å². The van der Waals surface area contributed by atoms with Crippen molar-refractivity contribution in [3.63, 3.8) is 0 Å². The molecule has 1 unspecified atom stereocenters. The summed E-state index contributed by atoms with van der Waals surface area (Å²) in [4.78, 5) is 3.94. The van der Waals surface area contributed by atoms with Gasteiger partial charge in [-0.25, -0.2) is 4.98 Å². The smallest absolute Gasteiger partial charge is 0.131 e. The minimum absolute atomic E-state index is 0.162. The molecule has 1 aromatic heterocycles. The molecule has 1 heterocycles. The summed E-state index contributed by atoms with van der Waals surface area (Å²) in [5.74, 6) is 0. The summed E-state index contributed by atoms with van der Waals surface area (Å²) >= 11 is 5.75. The second-order valence-electron chi connectivity index (χ2n) is 3.31. The van der Waals surface area contributed by atoms with Gasteiger partial charge in [0.05, 0.1) is 0 Å². The van der Waals surface area contributed by atoms with Gasteiger partial charge in [-0.15, -0.1) is 0 Å². The lowest BCUT2D eigenvalue weighted by atomic mass is 9.97. The van der Waals surface area contributed by atoms with Gasteiger partial charge >= 0.3 is 0 Å². The largest absolute Gasteiger partial charge is 0.384 e. The van der Waals surface area contributed by atoms with E-state index in [0.717, 1.165) is 5.56 Å². The van der Waals surface area contributed by atoms with Gasteiger partial charge in [-0.3, -0.25) is 0 Å². The highest BCUT2D eigenvalue weighted by atomic mass is 35.5. The topological polar surface area (TPSA) is 59.1 Å². The van der Waals surface area contributed by atoms with Gasteiger partial charge in [0, 0.05) is 18.3 Å². The molecular weight excluding hydrogens is 188 g/mol. The molecule has 0 saturated heterocycles. The normalized spacial score (nSPS) is 15.5. The summed E-state index contributed by atoms with van der Waals surface area (Å²) in [7, 11) is 0. The van der Waals surface area contributed by atoms with Crippen LogP contribution in [0.25, 0.3) is 0 Å². The molecule has 1 aromatic rings. The predicted molar refractivity (Wildman–Crippen MR) is 52.6 cm³/mol. The van der Waals surface area contributed by atoms with E-state index in [-0.39, 0.29) is 6.54 Å². The van der Waals surface area contributed by atoms with Crippen molar-refractivity contribution in [1.82, 2.24) is 4.98 Å². The second kappa shape index (κ2) is 3.62. The predicted octanol–water partition coefficient (Wildman–Crippen LogP) is 1.21. The van der Waals surface area contributed by atoms with Crippen molar-refractivity contribution in [3.8, 4) is 0 Å². The molecule has 3 N–H and O–H groups in total. The molecule has 0 saturated carbocycles. The van der Waals surface area contributed by atoms with E-state index < -0.39 is 5.60 Å². The van der Waals surface area contributed by atoms with E-state index in [4.69, 9.17) is 17.3 Å². The SMILES string of the molecule is Cc1cc(C(C)(O)CN)cnc1Cl. The van der Waals surface area contributed by atoms with Crippen molar-refractivity contribution in [2.45, 2.75) is 19.4 Å². The molecule has 0 bridgehead atoms. The Kier molecular flexibility index (Phi) is 2.91. The maximum absolute atomic E-state index is 9.80. The van der Waals surface area contributed by atoms with Crippen LogP contribution in [0.15, 0.2) is 12.3 Å². The minimum atomic E-state index is -1.03. The number of aromatic nitrogens is 1. The zero-order valence-corrected chi connectivity index (χ0v) is 8.47. The molecule has 3 nitrogen and oxygen atoms in total. The number of halogens is 1. The Balaban J connectivity index is 3.10. The molecule has 0 aromatic carbocycles. The number of pyridine rings is 1. The Labute approximate surface area is 82.5 Å². The fourth-order valence-corrected chi connectivity index (χ4v) is 1.07. The Morgan fingerprint density at radius 1 is 1.69 bits per heavy atom. The highest BCUT2D eigenvalue weighted by molar-refractivity contribution is 6.30. The quantitative estimate of drug-likeness (QED) is 0.706. The standard InChI is InChI=1S/C9H13ClN2O/c1-6-3-7(4-12-8(6)10)9(2,13)5-11/h3-4,13H,5,11H2,1-2H3. The van der Waals surface area contributed by atoms with E-state index in [9.17, 15) is 5.11 Å². The highest BCUT2D eigenvalue weighted by Gasteiger charge is 2.21. The summed E-state index contributed by atoms with van der Waals surface area (Å²) in [5, 5.41) is 10.3. The molecule has 13 heavy (non-hydrogen) atoms. The zero-order valence-electron chi connectivity index (χ0n) is 7.71. The summed E-state index contributed by atoms with van der Waals surface area (Å²) in [6.07, 6.45) is 1.54. The number of nitrogens with two attached hydrogens (primary N) is 1. The molecule has 72 valence electrons. The molecular formula is C9H13ClN2O. The number of aliphatic hydroxyl groups is 1. The number of hydrogen-bond acceptors (Lipinski definition) is 3. The van der Waals surface area contributed by atoms with Crippen molar-refractivity contribution in [3.05, 3.63) is 28.5 Å². The molecule has 0 radical (unpaired) electrons. The number of rotatable bonds is 2. The van der Waals surface area contributed by atoms with Crippen LogP contribution in [0.1, 0.15) is 18.1 Å². The van der Waals surface area contributed by atoms with Gasteiger partial charge in [-0.1, -0.05) is 11.6 Å². The molecule has 0 aliphatic rings.